The zero-order valence-electron chi connectivity index (χ0n) is 15.6. The fraction of sp³-hybridized carbons (Fsp3) is 0.0909. The molecule has 1 aliphatic rings. The number of ether oxygens (including phenoxy) is 1. The van der Waals surface area contributed by atoms with Crippen LogP contribution in [0, 0.1) is 5.82 Å². The molecule has 0 saturated carbocycles. The Morgan fingerprint density at radius 3 is 2.14 bits per heavy atom. The van der Waals surface area contributed by atoms with E-state index >= 15 is 0 Å². The minimum atomic E-state index is -1.52. The van der Waals surface area contributed by atoms with Gasteiger partial charge >= 0.3 is 35.7 Å². The van der Waals surface area contributed by atoms with Gasteiger partial charge in [-0.1, -0.05) is 48.5 Å². The number of aromatic carboxylic acids is 1. The number of carboxylic acid groups (broad SMARTS) is 1. The first kappa shape index (κ1) is 21.0. The molecule has 0 atom stereocenters. The number of rotatable bonds is 4. The summed E-state index contributed by atoms with van der Waals surface area (Å²) in [4.78, 5) is 23.3. The third-order valence-corrected chi connectivity index (χ3v) is 4.78. The van der Waals surface area contributed by atoms with Crippen molar-refractivity contribution in [1.29, 1.82) is 0 Å². The van der Waals surface area contributed by atoms with Crippen LogP contribution in [0.2, 0.25) is 0 Å². The number of carbonyl (C=O) groups excluding carboxylic acids is 2. The van der Waals surface area contributed by atoms with E-state index in [9.17, 15) is 19.1 Å². The SMILES string of the molecule is O=C(Nc1cc(F)ccc1C(=O)[O-])OCC1c2ccccc2-c2ccccc21.[Na+]. The van der Waals surface area contributed by atoms with Crippen LogP contribution in [0.25, 0.3) is 11.1 Å². The van der Waals surface area contributed by atoms with Crippen LogP contribution in [0.5, 0.6) is 0 Å². The Hall–Kier alpha value is -2.67. The van der Waals surface area contributed by atoms with Crippen molar-refractivity contribution in [1.82, 2.24) is 0 Å². The number of carbonyl (C=O) groups is 2. The number of fused-ring (bicyclic) bond motifs is 3. The van der Waals surface area contributed by atoms with Gasteiger partial charge in [0.15, 0.2) is 0 Å². The Morgan fingerprint density at radius 1 is 0.966 bits per heavy atom. The summed E-state index contributed by atoms with van der Waals surface area (Å²) in [6, 6.07) is 18.7. The first-order valence-corrected chi connectivity index (χ1v) is 8.67. The van der Waals surface area contributed by atoms with E-state index in [-0.39, 0.29) is 53.3 Å². The normalized spacial score (nSPS) is 11.8. The van der Waals surface area contributed by atoms with E-state index in [1.54, 1.807) is 0 Å². The standard InChI is InChI=1S/C22H16FNO4.Na/c23-13-9-10-18(21(25)26)20(11-13)24-22(27)28-12-19-16-7-3-1-5-14(16)15-6-2-4-8-17(15)19;/h1-11,19H,12H2,(H,24,27)(H,25,26);/q;+1/p-1. The average Bonchev–Trinajstić information content (AvgIpc) is 3.00. The second-order valence-electron chi connectivity index (χ2n) is 6.43. The van der Waals surface area contributed by atoms with Gasteiger partial charge in [-0.3, -0.25) is 5.32 Å². The average molecular weight is 399 g/mol. The van der Waals surface area contributed by atoms with Crippen molar-refractivity contribution in [3.63, 3.8) is 0 Å². The largest absolute Gasteiger partial charge is 1.00 e. The molecule has 0 spiro atoms. The molecule has 0 bridgehead atoms. The maximum Gasteiger partial charge on any atom is 1.00 e. The number of nitrogens with one attached hydrogen (secondary N) is 1. The molecule has 0 aliphatic heterocycles. The van der Waals surface area contributed by atoms with Crippen LogP contribution in [0.4, 0.5) is 14.9 Å². The predicted octanol–water partition coefficient (Wildman–Crippen LogP) is 0.554. The molecule has 0 unspecified atom stereocenters. The Balaban J connectivity index is 0.00000240. The predicted molar refractivity (Wildman–Crippen MR) is 99.4 cm³/mol. The maximum absolute atomic E-state index is 13.4. The van der Waals surface area contributed by atoms with Crippen molar-refractivity contribution in [3.05, 3.63) is 89.2 Å². The number of halogens is 1. The molecule has 1 N–H and O–H groups in total. The van der Waals surface area contributed by atoms with Crippen molar-refractivity contribution in [2.45, 2.75) is 5.92 Å². The molecule has 0 aromatic heterocycles. The van der Waals surface area contributed by atoms with Crippen LogP contribution in [0.3, 0.4) is 0 Å². The summed E-state index contributed by atoms with van der Waals surface area (Å²) < 4.78 is 18.8. The van der Waals surface area contributed by atoms with Crippen LogP contribution in [0.15, 0.2) is 66.7 Å². The molecule has 140 valence electrons. The third kappa shape index (κ3) is 4.19. The van der Waals surface area contributed by atoms with Crippen LogP contribution in [0.1, 0.15) is 27.4 Å². The van der Waals surface area contributed by atoms with Gasteiger partial charge in [0.25, 0.3) is 0 Å². The summed E-state index contributed by atoms with van der Waals surface area (Å²) in [7, 11) is 0. The number of anilines is 1. The molecule has 0 heterocycles. The molecule has 1 aliphatic carbocycles. The van der Waals surface area contributed by atoms with E-state index in [0.717, 1.165) is 40.5 Å². The summed E-state index contributed by atoms with van der Waals surface area (Å²) in [5.74, 6) is -2.33. The quantitative estimate of drug-likeness (QED) is 0.651. The molecule has 0 saturated heterocycles. The zero-order valence-corrected chi connectivity index (χ0v) is 17.6. The number of amides is 1. The number of hydrogen-bond acceptors (Lipinski definition) is 4. The van der Waals surface area contributed by atoms with Gasteiger partial charge in [-0.25, -0.2) is 9.18 Å². The number of benzene rings is 3. The van der Waals surface area contributed by atoms with Gasteiger partial charge in [0, 0.05) is 11.5 Å². The van der Waals surface area contributed by atoms with E-state index in [0.29, 0.717) is 0 Å². The molecule has 0 fully saturated rings. The summed E-state index contributed by atoms with van der Waals surface area (Å²) in [6.07, 6.45) is -0.866. The zero-order chi connectivity index (χ0) is 19.7. The molecule has 29 heavy (non-hydrogen) atoms. The van der Waals surface area contributed by atoms with Crippen molar-refractivity contribution in [3.8, 4) is 11.1 Å². The minimum Gasteiger partial charge on any atom is -0.545 e. The fourth-order valence-corrected chi connectivity index (χ4v) is 3.54. The number of hydrogen-bond donors (Lipinski definition) is 1. The van der Waals surface area contributed by atoms with Gasteiger partial charge in [0.1, 0.15) is 12.4 Å². The summed E-state index contributed by atoms with van der Waals surface area (Å²) in [5, 5.41) is 13.4. The Kier molecular flexibility index (Phi) is 6.37. The van der Waals surface area contributed by atoms with Crippen molar-refractivity contribution in [2.24, 2.45) is 0 Å². The summed E-state index contributed by atoms with van der Waals surface area (Å²) in [5.41, 5.74) is 3.76. The van der Waals surface area contributed by atoms with Gasteiger partial charge in [-0.2, -0.15) is 0 Å². The van der Waals surface area contributed by atoms with Crippen LogP contribution >= 0.6 is 0 Å². The number of carboxylic acids is 1. The molecule has 3 aromatic rings. The summed E-state index contributed by atoms with van der Waals surface area (Å²) >= 11 is 0. The van der Waals surface area contributed by atoms with E-state index in [1.807, 2.05) is 48.5 Å². The van der Waals surface area contributed by atoms with Gasteiger partial charge < -0.3 is 14.6 Å². The molecule has 1 amide bonds. The van der Waals surface area contributed by atoms with Gasteiger partial charge in [0.2, 0.25) is 0 Å². The topological polar surface area (TPSA) is 78.5 Å². The Labute approximate surface area is 188 Å². The van der Waals surface area contributed by atoms with E-state index in [1.165, 1.54) is 0 Å². The fourth-order valence-electron chi connectivity index (χ4n) is 3.54. The molecular formula is C22H15FNNaO4. The second-order valence-corrected chi connectivity index (χ2v) is 6.43. The van der Waals surface area contributed by atoms with E-state index < -0.39 is 17.9 Å². The molecule has 3 aromatic carbocycles. The van der Waals surface area contributed by atoms with Gasteiger partial charge in [0.05, 0.1) is 11.7 Å². The first-order valence-electron chi connectivity index (χ1n) is 8.67. The second kappa shape index (κ2) is 8.78. The summed E-state index contributed by atoms with van der Waals surface area (Å²) in [6.45, 7) is 0.0653. The molecular weight excluding hydrogens is 384 g/mol. The minimum absolute atomic E-state index is 0. The van der Waals surface area contributed by atoms with Gasteiger partial charge in [-0.05, 0) is 40.5 Å². The smallest absolute Gasteiger partial charge is 0.545 e. The maximum atomic E-state index is 13.4. The van der Waals surface area contributed by atoms with Crippen molar-refractivity contribution < 1.29 is 53.4 Å². The molecule has 5 nitrogen and oxygen atoms in total. The van der Waals surface area contributed by atoms with Crippen LogP contribution in [-0.4, -0.2) is 18.7 Å². The Bertz CT molecular complexity index is 1040. The molecule has 4 rings (SSSR count). The van der Waals surface area contributed by atoms with E-state index in [2.05, 4.69) is 5.32 Å². The van der Waals surface area contributed by atoms with Crippen molar-refractivity contribution >= 4 is 17.7 Å². The van der Waals surface area contributed by atoms with Gasteiger partial charge in [-0.15, -0.1) is 0 Å². The van der Waals surface area contributed by atoms with Crippen molar-refractivity contribution in [2.75, 3.05) is 11.9 Å². The monoisotopic (exact) mass is 399 g/mol. The van der Waals surface area contributed by atoms with Crippen LogP contribution < -0.4 is 40.0 Å². The first-order chi connectivity index (χ1) is 13.5. The molecule has 0 radical (unpaired) electrons. The van der Waals surface area contributed by atoms with Crippen LogP contribution in [-0.2, 0) is 4.74 Å². The third-order valence-electron chi connectivity index (χ3n) is 4.78. The molecule has 7 heteroatoms. The Morgan fingerprint density at radius 2 is 1.55 bits per heavy atom. The van der Waals surface area contributed by atoms with E-state index in [4.69, 9.17) is 4.74 Å².